The lowest BCUT2D eigenvalue weighted by Gasteiger charge is -2.28. The highest BCUT2D eigenvalue weighted by Crippen LogP contribution is 2.22. The van der Waals surface area contributed by atoms with Gasteiger partial charge in [0, 0.05) is 29.3 Å². The number of aromatic nitrogens is 3. The molecule has 0 saturated heterocycles. The molecule has 1 aliphatic carbocycles. The summed E-state index contributed by atoms with van der Waals surface area (Å²) in [7, 11) is 0. The van der Waals surface area contributed by atoms with Gasteiger partial charge >= 0.3 is 6.01 Å². The summed E-state index contributed by atoms with van der Waals surface area (Å²) in [6.45, 7) is 0. The second kappa shape index (κ2) is 6.93. The van der Waals surface area contributed by atoms with Crippen molar-refractivity contribution in [2.24, 2.45) is 0 Å². The van der Waals surface area contributed by atoms with E-state index in [-0.39, 0.29) is 18.1 Å². The van der Waals surface area contributed by atoms with Gasteiger partial charge in [0.1, 0.15) is 11.8 Å². The normalized spacial score (nSPS) is 20.3. The minimum Gasteiger partial charge on any atom is -0.460 e. The van der Waals surface area contributed by atoms with E-state index in [4.69, 9.17) is 4.74 Å². The van der Waals surface area contributed by atoms with Gasteiger partial charge in [-0.25, -0.2) is 9.97 Å². The zero-order valence-electron chi connectivity index (χ0n) is 13.8. The molecule has 0 aliphatic heterocycles. The molecule has 128 valence electrons. The van der Waals surface area contributed by atoms with Crippen LogP contribution in [0.25, 0.3) is 10.9 Å². The summed E-state index contributed by atoms with van der Waals surface area (Å²) >= 11 is 0. The molecule has 1 amide bonds. The molecular formula is C19H20N4O2. The first kappa shape index (κ1) is 15.6. The minimum atomic E-state index is -0.0491. The molecule has 6 nitrogen and oxygen atoms in total. The fourth-order valence-electron chi connectivity index (χ4n) is 3.28. The van der Waals surface area contributed by atoms with E-state index in [0.717, 1.165) is 36.6 Å². The Labute approximate surface area is 145 Å². The molecule has 1 saturated carbocycles. The van der Waals surface area contributed by atoms with Gasteiger partial charge in [0.25, 0.3) is 5.91 Å². The van der Waals surface area contributed by atoms with E-state index in [1.54, 1.807) is 18.5 Å². The van der Waals surface area contributed by atoms with Crippen molar-refractivity contribution in [1.82, 2.24) is 20.3 Å². The first-order valence-electron chi connectivity index (χ1n) is 8.60. The van der Waals surface area contributed by atoms with E-state index >= 15 is 0 Å². The zero-order chi connectivity index (χ0) is 17.1. The fourth-order valence-corrected chi connectivity index (χ4v) is 3.28. The highest BCUT2D eigenvalue weighted by Gasteiger charge is 2.24. The topological polar surface area (TPSA) is 79.9 Å². The SMILES string of the molecule is O=C(NC1CCC(Oc2ncccn2)CC1)c1cc2ccccc2[nH]1. The Morgan fingerprint density at radius 3 is 2.60 bits per heavy atom. The second-order valence-electron chi connectivity index (χ2n) is 6.37. The number of ether oxygens (including phenoxy) is 1. The van der Waals surface area contributed by atoms with E-state index in [9.17, 15) is 4.79 Å². The van der Waals surface area contributed by atoms with Crippen LogP contribution in [0.15, 0.2) is 48.8 Å². The second-order valence-corrected chi connectivity index (χ2v) is 6.37. The molecule has 1 fully saturated rings. The predicted molar refractivity (Wildman–Crippen MR) is 94.5 cm³/mol. The van der Waals surface area contributed by atoms with E-state index < -0.39 is 0 Å². The number of hydrogen-bond donors (Lipinski definition) is 2. The molecule has 0 radical (unpaired) electrons. The van der Waals surface area contributed by atoms with Gasteiger partial charge < -0.3 is 15.0 Å². The highest BCUT2D eigenvalue weighted by molar-refractivity contribution is 5.98. The van der Waals surface area contributed by atoms with Crippen molar-refractivity contribution >= 4 is 16.8 Å². The Kier molecular flexibility index (Phi) is 4.33. The van der Waals surface area contributed by atoms with Crippen LogP contribution in [0.2, 0.25) is 0 Å². The Hall–Kier alpha value is -2.89. The summed E-state index contributed by atoms with van der Waals surface area (Å²) in [4.78, 5) is 23.8. The lowest BCUT2D eigenvalue weighted by atomic mass is 9.93. The zero-order valence-corrected chi connectivity index (χ0v) is 13.8. The Morgan fingerprint density at radius 1 is 1.08 bits per heavy atom. The molecule has 6 heteroatoms. The fraction of sp³-hybridized carbons (Fsp3) is 0.316. The number of nitrogens with zero attached hydrogens (tertiary/aromatic N) is 2. The molecule has 4 rings (SSSR count). The molecule has 0 atom stereocenters. The maximum Gasteiger partial charge on any atom is 0.316 e. The number of rotatable bonds is 4. The number of fused-ring (bicyclic) bond motifs is 1. The lowest BCUT2D eigenvalue weighted by molar-refractivity contribution is 0.0881. The van der Waals surface area contributed by atoms with Crippen LogP contribution < -0.4 is 10.1 Å². The standard InChI is InChI=1S/C19H20N4O2/c24-18(17-12-13-4-1-2-5-16(13)23-17)22-14-6-8-15(9-7-14)25-19-20-10-3-11-21-19/h1-5,10-12,14-15,23H,6-9H2,(H,22,24). The van der Waals surface area contributed by atoms with E-state index in [0.29, 0.717) is 11.7 Å². The van der Waals surface area contributed by atoms with Crippen molar-refractivity contribution in [1.29, 1.82) is 0 Å². The maximum atomic E-state index is 12.5. The first-order valence-corrected chi connectivity index (χ1v) is 8.60. The van der Waals surface area contributed by atoms with Gasteiger partial charge in [-0.2, -0.15) is 0 Å². The van der Waals surface area contributed by atoms with Crippen LogP contribution in [0.1, 0.15) is 36.2 Å². The smallest absolute Gasteiger partial charge is 0.316 e. The largest absolute Gasteiger partial charge is 0.460 e. The van der Waals surface area contributed by atoms with Crippen molar-refractivity contribution in [2.45, 2.75) is 37.8 Å². The van der Waals surface area contributed by atoms with E-state index in [1.807, 2.05) is 30.3 Å². The molecule has 2 aromatic heterocycles. The molecule has 25 heavy (non-hydrogen) atoms. The average molecular weight is 336 g/mol. The molecule has 0 unspecified atom stereocenters. The van der Waals surface area contributed by atoms with Crippen molar-refractivity contribution in [3.63, 3.8) is 0 Å². The maximum absolute atomic E-state index is 12.5. The molecule has 1 aliphatic rings. The summed E-state index contributed by atoms with van der Waals surface area (Å²) < 4.78 is 5.79. The number of carbonyl (C=O) groups excluding carboxylic acids is 1. The molecule has 0 bridgehead atoms. The van der Waals surface area contributed by atoms with Crippen LogP contribution in [-0.4, -0.2) is 33.0 Å². The number of aromatic amines is 1. The van der Waals surface area contributed by atoms with Crippen LogP contribution >= 0.6 is 0 Å². The van der Waals surface area contributed by atoms with Crippen LogP contribution in [-0.2, 0) is 0 Å². The third-order valence-electron chi connectivity index (χ3n) is 4.60. The van der Waals surface area contributed by atoms with Crippen LogP contribution in [0, 0.1) is 0 Å². The van der Waals surface area contributed by atoms with Gasteiger partial charge in [0.2, 0.25) is 0 Å². The number of carbonyl (C=O) groups is 1. The molecule has 3 aromatic rings. The summed E-state index contributed by atoms with van der Waals surface area (Å²) in [5.41, 5.74) is 1.59. The van der Waals surface area contributed by atoms with Crippen molar-refractivity contribution in [3.05, 3.63) is 54.5 Å². The number of benzene rings is 1. The van der Waals surface area contributed by atoms with Gasteiger partial charge in [-0.05, 0) is 43.9 Å². The quantitative estimate of drug-likeness (QED) is 0.767. The van der Waals surface area contributed by atoms with Gasteiger partial charge in [-0.1, -0.05) is 18.2 Å². The monoisotopic (exact) mass is 336 g/mol. The van der Waals surface area contributed by atoms with Crippen molar-refractivity contribution in [2.75, 3.05) is 0 Å². The Bertz CT molecular complexity index is 821. The van der Waals surface area contributed by atoms with Crippen LogP contribution in [0.4, 0.5) is 0 Å². The summed E-state index contributed by atoms with van der Waals surface area (Å²) in [6.07, 6.45) is 7.02. The molecule has 2 N–H and O–H groups in total. The number of H-pyrrole nitrogens is 1. The number of para-hydroxylation sites is 1. The van der Waals surface area contributed by atoms with Gasteiger partial charge in [-0.3, -0.25) is 4.79 Å². The van der Waals surface area contributed by atoms with Crippen molar-refractivity contribution in [3.8, 4) is 6.01 Å². The average Bonchev–Trinajstić information content (AvgIpc) is 3.09. The van der Waals surface area contributed by atoms with Gasteiger partial charge in [-0.15, -0.1) is 0 Å². The third-order valence-corrected chi connectivity index (χ3v) is 4.60. The molecular weight excluding hydrogens is 316 g/mol. The van der Waals surface area contributed by atoms with Gasteiger partial charge in [0.05, 0.1) is 0 Å². The van der Waals surface area contributed by atoms with Crippen molar-refractivity contribution < 1.29 is 9.53 Å². The number of hydrogen-bond acceptors (Lipinski definition) is 4. The Balaban J connectivity index is 1.31. The molecule has 1 aromatic carbocycles. The minimum absolute atomic E-state index is 0.0491. The number of amides is 1. The lowest BCUT2D eigenvalue weighted by Crippen LogP contribution is -2.39. The number of nitrogens with one attached hydrogen (secondary N) is 2. The van der Waals surface area contributed by atoms with E-state index in [1.165, 1.54) is 0 Å². The van der Waals surface area contributed by atoms with Crippen LogP contribution in [0.3, 0.4) is 0 Å². The summed E-state index contributed by atoms with van der Waals surface area (Å²) in [5, 5.41) is 4.17. The summed E-state index contributed by atoms with van der Waals surface area (Å²) in [5.74, 6) is -0.0491. The van der Waals surface area contributed by atoms with Crippen LogP contribution in [0.5, 0.6) is 6.01 Å². The third kappa shape index (κ3) is 3.63. The predicted octanol–water partition coefficient (Wildman–Crippen LogP) is 3.08. The van der Waals surface area contributed by atoms with Gasteiger partial charge in [0.15, 0.2) is 0 Å². The van der Waals surface area contributed by atoms with E-state index in [2.05, 4.69) is 20.3 Å². The summed E-state index contributed by atoms with van der Waals surface area (Å²) in [6, 6.07) is 12.2. The molecule has 2 heterocycles. The Morgan fingerprint density at radius 2 is 1.84 bits per heavy atom. The first-order chi connectivity index (χ1) is 12.3. The molecule has 0 spiro atoms. The highest BCUT2D eigenvalue weighted by atomic mass is 16.5.